The van der Waals surface area contributed by atoms with Crippen LogP contribution in [0.1, 0.15) is 183 Å². The zero-order valence-electron chi connectivity index (χ0n) is 37.9. The number of likely N-dealkylation sites (tertiary alicyclic amines) is 3. The van der Waals surface area contributed by atoms with Crippen LogP contribution in [0.4, 0.5) is 0 Å². The summed E-state index contributed by atoms with van der Waals surface area (Å²) in [5, 5.41) is 0. The molecule has 7 aliphatic rings. The van der Waals surface area contributed by atoms with Crippen LogP contribution in [0.3, 0.4) is 0 Å². The van der Waals surface area contributed by atoms with Crippen molar-refractivity contribution in [3.8, 4) is 0 Å². The van der Waals surface area contributed by atoms with Gasteiger partial charge in [0.25, 0.3) is 0 Å². The van der Waals surface area contributed by atoms with Gasteiger partial charge in [-0.1, -0.05) is 35.1 Å². The van der Waals surface area contributed by atoms with Crippen molar-refractivity contribution >= 4 is 54.6 Å². The van der Waals surface area contributed by atoms with Crippen LogP contribution in [0.5, 0.6) is 0 Å². The zero-order chi connectivity index (χ0) is 42.2. The molecule has 0 bridgehead atoms. The van der Waals surface area contributed by atoms with Crippen molar-refractivity contribution in [2.24, 2.45) is 35.1 Å². The molecule has 0 aromatic heterocycles. The number of hydrogen-bond acceptors (Lipinski definition) is 7. The number of carbonyl (C=O) groups excluding carboxylic acids is 3. The van der Waals surface area contributed by atoms with Crippen LogP contribution in [0.2, 0.25) is 0 Å². The second kappa shape index (κ2) is 35.0. The molecule has 8 nitrogen and oxygen atoms in total. The molecule has 0 spiro atoms. The van der Waals surface area contributed by atoms with Crippen LogP contribution in [0.15, 0.2) is 0 Å². The van der Waals surface area contributed by atoms with E-state index in [2.05, 4.69) is 88.7 Å². The van der Waals surface area contributed by atoms with Gasteiger partial charge in [0.1, 0.15) is 17.3 Å². The second-order valence-corrected chi connectivity index (χ2v) is 35.7. The van der Waals surface area contributed by atoms with Gasteiger partial charge < -0.3 is 44.8 Å². The molecule has 3 heterocycles. The molecular formula is C47H92I4N5O3-. The first-order chi connectivity index (χ1) is 27.2. The molecule has 3 saturated heterocycles. The molecule has 0 unspecified atom stereocenters. The third-order valence-corrected chi connectivity index (χ3v) is 14.5. The number of ketones is 3. The maximum Gasteiger partial charge on any atom is -1.00 e. The summed E-state index contributed by atoms with van der Waals surface area (Å²) in [7, 11) is 2.23. The average molecular weight is 1280 g/mol. The number of halogens is 4. The Morgan fingerprint density at radius 1 is 0.525 bits per heavy atom. The summed E-state index contributed by atoms with van der Waals surface area (Å²) in [5.41, 5.74) is 11.6. The zero-order valence-corrected chi connectivity index (χ0v) is 46.5. The molecule has 12 heteroatoms. The van der Waals surface area contributed by atoms with E-state index in [0.717, 1.165) is 124 Å². The fourth-order valence-corrected chi connectivity index (χ4v) is 9.35. The summed E-state index contributed by atoms with van der Waals surface area (Å²) in [6.45, 7) is 19.3. The predicted molar refractivity (Wildman–Crippen MR) is 261 cm³/mol. The summed E-state index contributed by atoms with van der Waals surface area (Å²) in [5.74, 6) is 5.01. The topological polar surface area (TPSA) is 110 Å². The Morgan fingerprint density at radius 3 is 1.19 bits per heavy atom. The quantitative estimate of drug-likeness (QED) is 0.311. The van der Waals surface area contributed by atoms with Crippen LogP contribution < -0.4 is 48.7 Å². The number of nitrogens with two attached hydrogens (primary N) is 2. The Morgan fingerprint density at radius 2 is 0.831 bits per heavy atom. The first-order valence-corrected chi connectivity index (χ1v) is 36.0. The normalized spacial score (nSPS) is 30.6. The molecule has 7 fully saturated rings. The van der Waals surface area contributed by atoms with Gasteiger partial charge in [0.2, 0.25) is 0 Å². The molecular weight excluding hydrogens is 1190 g/mol. The van der Waals surface area contributed by atoms with Crippen molar-refractivity contribution in [3.63, 3.8) is 0 Å². The van der Waals surface area contributed by atoms with E-state index < -0.39 is 0 Å². The molecule has 352 valence electrons. The van der Waals surface area contributed by atoms with Crippen LogP contribution in [-0.2, 0) is 14.4 Å². The molecule has 59 heavy (non-hydrogen) atoms. The van der Waals surface area contributed by atoms with Gasteiger partial charge in [0.05, 0.1) is 39.5 Å². The molecule has 0 aromatic carbocycles. The van der Waals surface area contributed by atoms with Crippen LogP contribution in [0, 0.1) is 23.7 Å². The van der Waals surface area contributed by atoms with Crippen LogP contribution in [0.25, 0.3) is 0 Å². The standard InChI is InChI=1S/C12H24N2.C12H21NO.C8H16NO.C7H15N.C7H12O.CH4.I3.HI/c1-10-2-4-12(5-3-10)14-8-6-11(13)7-9-14;1-10-2-4-11(5-3-10)13-8-6-12(14)7-9-13;1-3-9(2)6-4-8(10)5-7-9;2*1-6-2-4-7(8)5-3-6;;1-3-2;/h10-12H,2-9,13H2,1H3;10-11H,2-9H2,1H3;3-7H2,1-2H3;6-7H,2-5,8H2,1H3;6H,2-5H2,1H3;1H4;;1H/q;;+1;;;;-1;/p-1. The first kappa shape index (κ1) is 60.7. The number of rotatable bonds is 3. The minimum absolute atomic E-state index is 0. The second-order valence-electron chi connectivity index (χ2n) is 19.5. The summed E-state index contributed by atoms with van der Waals surface area (Å²) >= 11 is 5.30. The molecule has 0 aromatic rings. The van der Waals surface area contributed by atoms with Crippen molar-refractivity contribution < 1.29 is 56.1 Å². The number of quaternary nitrogens is 1. The van der Waals surface area contributed by atoms with E-state index in [0.29, 0.717) is 42.7 Å². The third kappa shape index (κ3) is 27.7. The van der Waals surface area contributed by atoms with Crippen LogP contribution >= 0.6 is 37.2 Å². The summed E-state index contributed by atoms with van der Waals surface area (Å²) in [4.78, 5) is 37.8. The Labute approximate surface area is 411 Å². The minimum atomic E-state index is 0. The minimum Gasteiger partial charge on any atom is -1.00 e. The molecule has 0 atom stereocenters. The van der Waals surface area contributed by atoms with Gasteiger partial charge in [0, 0.05) is 62.9 Å². The number of nitrogens with zero attached hydrogens (tertiary/aromatic N) is 3. The fourth-order valence-electron chi connectivity index (χ4n) is 9.35. The number of hydrogen-bond donors (Lipinski definition) is 2. The Hall–Kier alpha value is 1.73. The largest absolute Gasteiger partial charge is 1.00 e. The van der Waals surface area contributed by atoms with Gasteiger partial charge in [-0.05, 0) is 146 Å². The van der Waals surface area contributed by atoms with E-state index in [1.165, 1.54) is 103 Å². The van der Waals surface area contributed by atoms with E-state index in [9.17, 15) is 14.4 Å². The predicted octanol–water partition coefficient (Wildman–Crippen LogP) is 4.74. The van der Waals surface area contributed by atoms with E-state index in [1.807, 2.05) is 0 Å². The molecule has 4 aliphatic carbocycles. The van der Waals surface area contributed by atoms with E-state index in [-0.39, 0.29) is 31.4 Å². The monoisotopic (exact) mass is 1280 g/mol. The first-order valence-electron chi connectivity index (χ1n) is 23.4. The van der Waals surface area contributed by atoms with Gasteiger partial charge in [-0.3, -0.25) is 19.3 Å². The van der Waals surface area contributed by atoms with Crippen molar-refractivity contribution in [3.05, 3.63) is 0 Å². The summed E-state index contributed by atoms with van der Waals surface area (Å²) in [6.07, 6.45) is 25.9. The number of Topliss-reactive ketones (excluding diaryl/α,β-unsaturated/α-hetero) is 3. The molecule has 0 radical (unpaired) electrons. The SMILES string of the molecule is C.CC1CCC(=O)CC1.CC1CCC(N)CC1.CC1CCC(N2CCC(=O)CC2)CC1.CC1CCC(N2CCC(N)CC2)CC1.CC[N+]1(C)CCC(=O)CC1.I[I-]I.[I-]. The van der Waals surface area contributed by atoms with Crippen LogP contribution in [-0.4, -0.2) is 109 Å². The van der Waals surface area contributed by atoms with Gasteiger partial charge in [-0.2, -0.15) is 0 Å². The van der Waals surface area contributed by atoms with E-state index in [1.54, 1.807) is 0 Å². The van der Waals surface area contributed by atoms with Gasteiger partial charge >= 0.3 is 50.5 Å². The molecule has 0 amide bonds. The van der Waals surface area contributed by atoms with Crippen molar-refractivity contribution in [2.75, 3.05) is 52.9 Å². The molecule has 4 saturated carbocycles. The van der Waals surface area contributed by atoms with Gasteiger partial charge in [-0.25, -0.2) is 0 Å². The Balaban J connectivity index is 0.000000708. The molecule has 7 rings (SSSR count). The maximum atomic E-state index is 11.1. The molecule has 4 N–H and O–H groups in total. The average Bonchev–Trinajstić information content (AvgIpc) is 3.21. The van der Waals surface area contributed by atoms with Gasteiger partial charge in [-0.15, -0.1) is 0 Å². The summed E-state index contributed by atoms with van der Waals surface area (Å²) < 4.78 is 1.09. The van der Waals surface area contributed by atoms with Crippen molar-refractivity contribution in [2.45, 2.75) is 207 Å². The van der Waals surface area contributed by atoms with Crippen molar-refractivity contribution in [1.29, 1.82) is 0 Å². The number of carbonyl (C=O) groups is 3. The Kier molecular flexibility index (Phi) is 36.0. The molecule has 3 aliphatic heterocycles. The maximum absolute atomic E-state index is 11.1. The van der Waals surface area contributed by atoms with E-state index in [4.69, 9.17) is 11.5 Å². The third-order valence-electron chi connectivity index (χ3n) is 14.5. The summed E-state index contributed by atoms with van der Waals surface area (Å²) in [6, 6.07) is 2.68. The number of piperidine rings is 3. The smallest absolute Gasteiger partial charge is 1.00 e. The van der Waals surface area contributed by atoms with Gasteiger partial charge in [0.15, 0.2) is 0 Å². The fraction of sp³-hybridized carbons (Fsp3) is 0.936. The van der Waals surface area contributed by atoms with Crippen molar-refractivity contribution in [1.82, 2.24) is 9.80 Å². The Bertz CT molecular complexity index is 1030. The van der Waals surface area contributed by atoms with E-state index >= 15 is 0 Å².